The summed E-state index contributed by atoms with van der Waals surface area (Å²) in [4.78, 5) is 6.63. The molecule has 0 saturated carbocycles. The van der Waals surface area contributed by atoms with Crippen LogP contribution in [0.3, 0.4) is 0 Å². The van der Waals surface area contributed by atoms with Gasteiger partial charge in [0.1, 0.15) is 0 Å². The highest BCUT2D eigenvalue weighted by Crippen LogP contribution is 2.25. The van der Waals surface area contributed by atoms with Gasteiger partial charge in [0.05, 0.1) is 11.6 Å². The molecule has 1 N–H and O–H groups in total. The molecule has 1 aliphatic rings. The standard InChI is InChI=1S/C15H19ClN4O/c1-20(9-11-5-4-8-17-11)10-14-18-15(19-21-14)12-6-2-3-7-13(12)16/h2-3,6-7,11,17H,4-5,8-10H2,1H3. The lowest BCUT2D eigenvalue weighted by atomic mass is 10.2. The molecule has 0 amide bonds. The first kappa shape index (κ1) is 14.5. The van der Waals surface area contributed by atoms with Crippen LogP contribution in [0.4, 0.5) is 0 Å². The first-order valence-corrected chi connectivity index (χ1v) is 7.59. The van der Waals surface area contributed by atoms with E-state index < -0.39 is 0 Å². The second kappa shape index (κ2) is 6.56. The average molecular weight is 307 g/mol. The van der Waals surface area contributed by atoms with Crippen LogP contribution in [-0.4, -0.2) is 41.2 Å². The summed E-state index contributed by atoms with van der Waals surface area (Å²) < 4.78 is 5.33. The van der Waals surface area contributed by atoms with Crippen molar-refractivity contribution < 1.29 is 4.52 Å². The number of benzene rings is 1. The summed E-state index contributed by atoms with van der Waals surface area (Å²) in [6.07, 6.45) is 2.49. The number of nitrogens with one attached hydrogen (secondary N) is 1. The Bertz CT molecular complexity index is 595. The van der Waals surface area contributed by atoms with Gasteiger partial charge in [-0.15, -0.1) is 0 Å². The highest BCUT2D eigenvalue weighted by atomic mass is 35.5. The smallest absolute Gasteiger partial charge is 0.241 e. The Hall–Kier alpha value is -1.43. The van der Waals surface area contributed by atoms with Gasteiger partial charge < -0.3 is 9.84 Å². The van der Waals surface area contributed by atoms with Gasteiger partial charge in [-0.25, -0.2) is 0 Å². The molecule has 1 saturated heterocycles. The molecule has 1 unspecified atom stereocenters. The van der Waals surface area contributed by atoms with Gasteiger partial charge >= 0.3 is 0 Å². The van der Waals surface area contributed by atoms with Crippen molar-refractivity contribution in [2.24, 2.45) is 0 Å². The molecule has 0 bridgehead atoms. The topological polar surface area (TPSA) is 54.2 Å². The number of hydrogen-bond donors (Lipinski definition) is 1. The second-order valence-corrected chi connectivity index (χ2v) is 5.89. The molecule has 3 rings (SSSR count). The fourth-order valence-electron chi connectivity index (χ4n) is 2.66. The first-order valence-electron chi connectivity index (χ1n) is 7.22. The zero-order chi connectivity index (χ0) is 14.7. The van der Waals surface area contributed by atoms with Gasteiger partial charge in [0, 0.05) is 18.2 Å². The average Bonchev–Trinajstić information content (AvgIpc) is 3.11. The summed E-state index contributed by atoms with van der Waals surface area (Å²) in [5.41, 5.74) is 0.800. The number of rotatable bonds is 5. The van der Waals surface area contributed by atoms with E-state index in [1.807, 2.05) is 24.3 Å². The van der Waals surface area contributed by atoms with Gasteiger partial charge in [0.25, 0.3) is 0 Å². The van der Waals surface area contributed by atoms with Crippen LogP contribution >= 0.6 is 11.6 Å². The molecule has 1 atom stereocenters. The van der Waals surface area contributed by atoms with Crippen molar-refractivity contribution >= 4 is 11.6 Å². The van der Waals surface area contributed by atoms with Crippen LogP contribution in [0.1, 0.15) is 18.7 Å². The van der Waals surface area contributed by atoms with Crippen molar-refractivity contribution in [3.8, 4) is 11.4 Å². The highest BCUT2D eigenvalue weighted by Gasteiger charge is 2.18. The minimum absolute atomic E-state index is 0.544. The number of aromatic nitrogens is 2. The molecule has 1 aromatic carbocycles. The van der Waals surface area contributed by atoms with Crippen molar-refractivity contribution in [3.05, 3.63) is 35.2 Å². The zero-order valence-electron chi connectivity index (χ0n) is 12.1. The van der Waals surface area contributed by atoms with Crippen molar-refractivity contribution in [1.82, 2.24) is 20.4 Å². The third kappa shape index (κ3) is 3.61. The molecule has 2 heterocycles. The first-order chi connectivity index (χ1) is 10.2. The third-order valence-electron chi connectivity index (χ3n) is 3.68. The van der Waals surface area contributed by atoms with E-state index >= 15 is 0 Å². The Morgan fingerprint density at radius 2 is 2.29 bits per heavy atom. The fourth-order valence-corrected chi connectivity index (χ4v) is 2.88. The molecule has 112 valence electrons. The van der Waals surface area contributed by atoms with Crippen LogP contribution < -0.4 is 5.32 Å². The predicted octanol–water partition coefficient (Wildman–Crippen LogP) is 2.57. The normalized spacial score (nSPS) is 18.5. The van der Waals surface area contributed by atoms with E-state index in [1.165, 1.54) is 12.8 Å². The quantitative estimate of drug-likeness (QED) is 0.920. The van der Waals surface area contributed by atoms with Crippen molar-refractivity contribution in [2.75, 3.05) is 20.1 Å². The molecule has 1 aromatic heterocycles. The van der Waals surface area contributed by atoms with E-state index in [2.05, 4.69) is 27.4 Å². The van der Waals surface area contributed by atoms with Gasteiger partial charge in [-0.05, 0) is 38.6 Å². The molecule has 1 aliphatic heterocycles. The zero-order valence-corrected chi connectivity index (χ0v) is 12.8. The SMILES string of the molecule is CN(Cc1nc(-c2ccccc2Cl)no1)CC1CCCN1. The molecule has 2 aromatic rings. The van der Waals surface area contributed by atoms with Crippen LogP contribution in [0.15, 0.2) is 28.8 Å². The van der Waals surface area contributed by atoms with Crippen molar-refractivity contribution in [2.45, 2.75) is 25.4 Å². The minimum Gasteiger partial charge on any atom is -0.338 e. The van der Waals surface area contributed by atoms with Gasteiger partial charge in [-0.1, -0.05) is 28.9 Å². The number of halogens is 1. The monoisotopic (exact) mass is 306 g/mol. The lowest BCUT2D eigenvalue weighted by Gasteiger charge is -2.18. The van der Waals surface area contributed by atoms with E-state index in [0.717, 1.165) is 18.7 Å². The van der Waals surface area contributed by atoms with Crippen molar-refractivity contribution in [3.63, 3.8) is 0 Å². The minimum atomic E-state index is 0.544. The Balaban J connectivity index is 1.63. The molecular weight excluding hydrogens is 288 g/mol. The largest absolute Gasteiger partial charge is 0.338 e. The van der Waals surface area contributed by atoms with E-state index in [0.29, 0.717) is 29.3 Å². The maximum absolute atomic E-state index is 6.15. The Labute approximate surface area is 129 Å². The van der Waals surface area contributed by atoms with Gasteiger partial charge in [-0.3, -0.25) is 4.90 Å². The van der Waals surface area contributed by atoms with E-state index in [9.17, 15) is 0 Å². The molecule has 21 heavy (non-hydrogen) atoms. The van der Waals surface area contributed by atoms with E-state index in [-0.39, 0.29) is 0 Å². The summed E-state index contributed by atoms with van der Waals surface area (Å²) in [7, 11) is 2.07. The highest BCUT2D eigenvalue weighted by molar-refractivity contribution is 6.33. The molecule has 0 aliphatic carbocycles. The van der Waals surface area contributed by atoms with Crippen LogP contribution in [0.25, 0.3) is 11.4 Å². The van der Waals surface area contributed by atoms with Gasteiger partial charge in [0.2, 0.25) is 11.7 Å². The van der Waals surface area contributed by atoms with Crippen LogP contribution in [0, 0.1) is 0 Å². The molecule has 0 radical (unpaired) electrons. The maximum Gasteiger partial charge on any atom is 0.241 e. The molecule has 6 heteroatoms. The fraction of sp³-hybridized carbons (Fsp3) is 0.467. The van der Waals surface area contributed by atoms with Crippen molar-refractivity contribution in [1.29, 1.82) is 0 Å². The van der Waals surface area contributed by atoms with E-state index in [1.54, 1.807) is 0 Å². The summed E-state index contributed by atoms with van der Waals surface area (Å²) >= 11 is 6.15. The third-order valence-corrected chi connectivity index (χ3v) is 4.01. The lowest BCUT2D eigenvalue weighted by Crippen LogP contribution is -2.35. The predicted molar refractivity (Wildman–Crippen MR) is 82.1 cm³/mol. The number of likely N-dealkylation sites (N-methyl/N-ethyl adjacent to an activating group) is 1. The van der Waals surface area contributed by atoms with Crippen LogP contribution in [-0.2, 0) is 6.54 Å². The molecule has 5 nitrogen and oxygen atoms in total. The molecular formula is C15H19ClN4O. The lowest BCUT2D eigenvalue weighted by molar-refractivity contribution is 0.248. The summed E-state index contributed by atoms with van der Waals surface area (Å²) in [5.74, 6) is 1.16. The Morgan fingerprint density at radius 1 is 1.43 bits per heavy atom. The summed E-state index contributed by atoms with van der Waals surface area (Å²) in [6.45, 7) is 2.76. The van der Waals surface area contributed by atoms with E-state index in [4.69, 9.17) is 16.1 Å². The van der Waals surface area contributed by atoms with Crippen LogP contribution in [0.2, 0.25) is 5.02 Å². The molecule has 1 fully saturated rings. The van der Waals surface area contributed by atoms with Gasteiger partial charge in [0.15, 0.2) is 0 Å². The van der Waals surface area contributed by atoms with Gasteiger partial charge in [-0.2, -0.15) is 4.98 Å². The summed E-state index contributed by atoms with van der Waals surface area (Å²) in [6, 6.07) is 8.08. The van der Waals surface area contributed by atoms with Crippen LogP contribution in [0.5, 0.6) is 0 Å². The maximum atomic E-state index is 6.15. The summed E-state index contributed by atoms with van der Waals surface area (Å²) in [5, 5.41) is 8.14. The number of nitrogens with zero attached hydrogens (tertiary/aromatic N) is 3. The second-order valence-electron chi connectivity index (χ2n) is 5.48. The Morgan fingerprint density at radius 3 is 3.05 bits per heavy atom. The molecule has 0 spiro atoms. The Kier molecular flexibility index (Phi) is 4.53. The number of hydrogen-bond acceptors (Lipinski definition) is 5.